The number of hydrogen-bond donors (Lipinski definition) is 2. The van der Waals surface area contributed by atoms with Crippen LogP contribution < -0.4 is 5.32 Å². The fraction of sp³-hybridized carbons (Fsp3) is 0.500. The van der Waals surface area contributed by atoms with E-state index in [0.717, 1.165) is 24.2 Å². The van der Waals surface area contributed by atoms with Crippen LogP contribution in [0.15, 0.2) is 24.3 Å². The lowest BCUT2D eigenvalue weighted by atomic mass is 10.1. The number of hydrogen-bond acceptors (Lipinski definition) is 2. The van der Waals surface area contributed by atoms with E-state index < -0.39 is 0 Å². The summed E-state index contributed by atoms with van der Waals surface area (Å²) in [6.07, 6.45) is 3.44. The van der Waals surface area contributed by atoms with Crippen LogP contribution >= 0.6 is 12.6 Å². The fourth-order valence-electron chi connectivity index (χ4n) is 2.01. The van der Waals surface area contributed by atoms with Gasteiger partial charge in [0.2, 0.25) is 5.91 Å². The summed E-state index contributed by atoms with van der Waals surface area (Å²) in [5.74, 6) is 0.633. The topological polar surface area (TPSA) is 29.1 Å². The van der Waals surface area contributed by atoms with E-state index in [1.54, 1.807) is 6.07 Å². The lowest BCUT2D eigenvalue weighted by Crippen LogP contribution is -2.28. The molecule has 1 saturated carbocycles. The Morgan fingerprint density at radius 1 is 1.44 bits per heavy atom. The second-order valence-electron chi connectivity index (χ2n) is 5.06. The highest BCUT2D eigenvalue weighted by molar-refractivity contribution is 7.80. The first-order valence-corrected chi connectivity index (χ1v) is 6.89. The van der Waals surface area contributed by atoms with E-state index in [9.17, 15) is 9.18 Å². The molecule has 4 heteroatoms. The quantitative estimate of drug-likeness (QED) is 0.762. The molecule has 98 valence electrons. The first kappa shape index (κ1) is 13.4. The number of carbonyl (C=O) groups excluding carboxylic acids is 1. The monoisotopic (exact) mass is 267 g/mol. The van der Waals surface area contributed by atoms with Gasteiger partial charge in [-0.15, -0.1) is 0 Å². The summed E-state index contributed by atoms with van der Waals surface area (Å²) in [6.45, 7) is 0.560. The van der Waals surface area contributed by atoms with Crippen molar-refractivity contribution in [2.75, 3.05) is 12.3 Å². The van der Waals surface area contributed by atoms with E-state index in [2.05, 4.69) is 17.9 Å². The maximum absolute atomic E-state index is 12.9. The van der Waals surface area contributed by atoms with Gasteiger partial charge in [0.15, 0.2) is 0 Å². The van der Waals surface area contributed by atoms with Gasteiger partial charge < -0.3 is 5.32 Å². The molecule has 1 aliphatic rings. The second-order valence-corrected chi connectivity index (χ2v) is 5.38. The zero-order chi connectivity index (χ0) is 13.0. The van der Waals surface area contributed by atoms with Crippen molar-refractivity contribution in [3.05, 3.63) is 35.6 Å². The summed E-state index contributed by atoms with van der Waals surface area (Å²) >= 11 is 4.28. The minimum Gasteiger partial charge on any atom is -0.356 e. The largest absolute Gasteiger partial charge is 0.356 e. The predicted octanol–water partition coefficient (Wildman–Crippen LogP) is 2.58. The van der Waals surface area contributed by atoms with Crippen LogP contribution in [-0.4, -0.2) is 18.2 Å². The predicted molar refractivity (Wildman–Crippen MR) is 73.3 cm³/mol. The molecule has 0 bridgehead atoms. The molecule has 0 unspecified atom stereocenters. The molecule has 0 aliphatic heterocycles. The standard InChI is InChI=1S/C14H18FNOS/c15-12-3-1-2-11(8-12)4-7-16-13(17)9-14(10-18)5-6-14/h1-3,8,18H,4-7,9-10H2,(H,16,17). The molecular weight excluding hydrogens is 249 g/mol. The molecule has 0 atom stereocenters. The Labute approximate surface area is 112 Å². The lowest BCUT2D eigenvalue weighted by Gasteiger charge is -2.11. The maximum Gasteiger partial charge on any atom is 0.220 e. The van der Waals surface area contributed by atoms with Gasteiger partial charge in [-0.1, -0.05) is 12.1 Å². The van der Waals surface area contributed by atoms with Gasteiger partial charge in [-0.3, -0.25) is 4.79 Å². The summed E-state index contributed by atoms with van der Waals surface area (Å²) in [6, 6.07) is 6.48. The number of thiol groups is 1. The van der Waals surface area contributed by atoms with E-state index in [1.165, 1.54) is 12.1 Å². The van der Waals surface area contributed by atoms with Crippen LogP contribution in [0, 0.1) is 11.2 Å². The van der Waals surface area contributed by atoms with Crippen molar-refractivity contribution in [1.29, 1.82) is 0 Å². The highest BCUT2D eigenvalue weighted by atomic mass is 32.1. The molecule has 0 saturated heterocycles. The molecule has 18 heavy (non-hydrogen) atoms. The van der Waals surface area contributed by atoms with Gasteiger partial charge in [0.1, 0.15) is 5.82 Å². The Morgan fingerprint density at radius 3 is 2.83 bits per heavy atom. The van der Waals surface area contributed by atoms with Crippen molar-refractivity contribution in [3.8, 4) is 0 Å². The Hall–Kier alpha value is -1.03. The van der Waals surface area contributed by atoms with E-state index in [0.29, 0.717) is 19.4 Å². The van der Waals surface area contributed by atoms with Gasteiger partial charge in [-0.2, -0.15) is 12.6 Å². The van der Waals surface area contributed by atoms with Crippen molar-refractivity contribution in [3.63, 3.8) is 0 Å². The van der Waals surface area contributed by atoms with Crippen LogP contribution in [0.5, 0.6) is 0 Å². The van der Waals surface area contributed by atoms with Gasteiger partial charge in [-0.25, -0.2) is 4.39 Å². The third-order valence-electron chi connectivity index (χ3n) is 3.45. The molecule has 0 radical (unpaired) electrons. The summed E-state index contributed by atoms with van der Waals surface area (Å²) in [7, 11) is 0. The fourth-order valence-corrected chi connectivity index (χ4v) is 2.44. The van der Waals surface area contributed by atoms with E-state index in [4.69, 9.17) is 0 Å². The molecule has 1 aromatic rings. The van der Waals surface area contributed by atoms with Crippen LogP contribution in [0.1, 0.15) is 24.8 Å². The molecule has 2 rings (SSSR count). The van der Waals surface area contributed by atoms with Gasteiger partial charge in [0, 0.05) is 13.0 Å². The number of halogens is 1. The first-order chi connectivity index (χ1) is 8.63. The summed E-state index contributed by atoms with van der Waals surface area (Å²) in [5.41, 5.74) is 1.07. The molecular formula is C14H18FNOS. The number of nitrogens with one attached hydrogen (secondary N) is 1. The van der Waals surface area contributed by atoms with Crippen LogP contribution in [0.25, 0.3) is 0 Å². The summed E-state index contributed by atoms with van der Waals surface area (Å²) in [4.78, 5) is 11.7. The molecule has 1 fully saturated rings. The molecule has 1 aliphatic carbocycles. The van der Waals surface area contributed by atoms with Crippen LogP contribution in [0.4, 0.5) is 4.39 Å². The molecule has 1 amide bonds. The van der Waals surface area contributed by atoms with Crippen LogP contribution in [0.2, 0.25) is 0 Å². The zero-order valence-electron chi connectivity index (χ0n) is 10.3. The average molecular weight is 267 g/mol. The second kappa shape index (κ2) is 5.74. The zero-order valence-corrected chi connectivity index (χ0v) is 11.2. The van der Waals surface area contributed by atoms with Gasteiger partial charge in [0.05, 0.1) is 0 Å². The van der Waals surface area contributed by atoms with Crippen molar-refractivity contribution in [2.24, 2.45) is 5.41 Å². The number of rotatable bonds is 6. The van der Waals surface area contributed by atoms with Crippen molar-refractivity contribution >= 4 is 18.5 Å². The SMILES string of the molecule is O=C(CC1(CS)CC1)NCCc1cccc(F)c1. The van der Waals surface area contributed by atoms with Crippen molar-refractivity contribution in [2.45, 2.75) is 25.7 Å². The first-order valence-electron chi connectivity index (χ1n) is 6.26. The van der Waals surface area contributed by atoms with Crippen molar-refractivity contribution < 1.29 is 9.18 Å². The minimum absolute atomic E-state index is 0.0814. The average Bonchev–Trinajstić information content (AvgIpc) is 3.09. The highest BCUT2D eigenvalue weighted by Gasteiger charge is 2.42. The lowest BCUT2D eigenvalue weighted by molar-refractivity contribution is -0.122. The Morgan fingerprint density at radius 2 is 2.22 bits per heavy atom. The van der Waals surface area contributed by atoms with Crippen LogP contribution in [-0.2, 0) is 11.2 Å². The normalized spacial score (nSPS) is 16.3. The highest BCUT2D eigenvalue weighted by Crippen LogP contribution is 2.49. The van der Waals surface area contributed by atoms with E-state index in [1.807, 2.05) is 6.07 Å². The number of amides is 1. The summed E-state index contributed by atoms with van der Waals surface area (Å²) < 4.78 is 12.9. The van der Waals surface area contributed by atoms with Crippen LogP contribution in [0.3, 0.4) is 0 Å². The Bertz CT molecular complexity index is 432. The number of benzene rings is 1. The maximum atomic E-state index is 12.9. The summed E-state index contributed by atoms with van der Waals surface area (Å²) in [5, 5.41) is 2.89. The molecule has 1 N–H and O–H groups in total. The van der Waals surface area contributed by atoms with Crippen molar-refractivity contribution in [1.82, 2.24) is 5.32 Å². The third-order valence-corrected chi connectivity index (χ3v) is 4.12. The van der Waals surface area contributed by atoms with Gasteiger partial charge >= 0.3 is 0 Å². The molecule has 2 nitrogen and oxygen atoms in total. The molecule has 0 heterocycles. The molecule has 0 aromatic heterocycles. The smallest absolute Gasteiger partial charge is 0.220 e. The van der Waals surface area contributed by atoms with E-state index >= 15 is 0 Å². The van der Waals surface area contributed by atoms with Gasteiger partial charge in [0.25, 0.3) is 0 Å². The van der Waals surface area contributed by atoms with Gasteiger partial charge in [-0.05, 0) is 48.1 Å². The van der Waals surface area contributed by atoms with E-state index in [-0.39, 0.29) is 17.1 Å². The Kier molecular flexibility index (Phi) is 4.27. The number of carbonyl (C=O) groups is 1. The third kappa shape index (κ3) is 3.73. The minimum atomic E-state index is -0.231. The molecule has 0 spiro atoms. The molecule has 1 aromatic carbocycles. The Balaban J connectivity index is 1.70.